The summed E-state index contributed by atoms with van der Waals surface area (Å²) in [5.41, 5.74) is 2.18. The molecule has 1 amide bonds. The van der Waals surface area contributed by atoms with E-state index in [2.05, 4.69) is 10.3 Å². The predicted molar refractivity (Wildman–Crippen MR) is 127 cm³/mol. The van der Waals surface area contributed by atoms with Crippen LogP contribution in [0.4, 0.5) is 0 Å². The molecular weight excluding hydrogens is 446 g/mol. The number of aromatic amines is 1. The van der Waals surface area contributed by atoms with Crippen LogP contribution in [0.5, 0.6) is 5.75 Å². The molecule has 1 aliphatic rings. The van der Waals surface area contributed by atoms with E-state index in [1.165, 1.54) is 11.3 Å². The fraction of sp³-hybridized carbons (Fsp3) is 0.435. The molecule has 0 saturated carbocycles. The Morgan fingerprint density at radius 2 is 2.09 bits per heavy atom. The van der Waals surface area contributed by atoms with Crippen LogP contribution in [0.1, 0.15) is 25.3 Å². The number of hydrogen-bond acceptors (Lipinski definition) is 5. The molecule has 1 atom stereocenters. The van der Waals surface area contributed by atoms with Gasteiger partial charge in [0, 0.05) is 42.7 Å². The van der Waals surface area contributed by atoms with E-state index in [1.54, 1.807) is 28.9 Å². The molecule has 1 fully saturated rings. The zero-order valence-electron chi connectivity index (χ0n) is 18.3. The molecule has 3 aromatic rings. The van der Waals surface area contributed by atoms with Crippen LogP contribution in [0.25, 0.3) is 10.9 Å². The van der Waals surface area contributed by atoms with Gasteiger partial charge in [-0.15, -0.1) is 11.3 Å². The normalized spacial score (nSPS) is 16.8. The van der Waals surface area contributed by atoms with Crippen LogP contribution in [0.3, 0.4) is 0 Å². The van der Waals surface area contributed by atoms with Crippen molar-refractivity contribution in [3.8, 4) is 5.75 Å². The van der Waals surface area contributed by atoms with E-state index < -0.39 is 10.0 Å². The summed E-state index contributed by atoms with van der Waals surface area (Å²) in [7, 11) is -1.76. The molecule has 7 nitrogen and oxygen atoms in total. The molecule has 0 aliphatic carbocycles. The molecule has 0 bridgehead atoms. The molecule has 4 rings (SSSR count). The average Bonchev–Trinajstić information content (AvgIpc) is 3.49. The minimum atomic E-state index is -3.41. The van der Waals surface area contributed by atoms with Crippen LogP contribution in [-0.2, 0) is 21.2 Å². The largest absolute Gasteiger partial charge is 0.497 e. The van der Waals surface area contributed by atoms with Crippen molar-refractivity contribution in [1.82, 2.24) is 14.6 Å². The van der Waals surface area contributed by atoms with Gasteiger partial charge >= 0.3 is 0 Å². The third-order valence-electron chi connectivity index (χ3n) is 6.38. The molecule has 1 saturated heterocycles. The highest BCUT2D eigenvalue weighted by molar-refractivity contribution is 7.91. The van der Waals surface area contributed by atoms with Crippen molar-refractivity contribution >= 4 is 38.2 Å². The van der Waals surface area contributed by atoms with Crippen LogP contribution in [-0.4, -0.2) is 50.4 Å². The van der Waals surface area contributed by atoms with Crippen molar-refractivity contribution < 1.29 is 17.9 Å². The number of carbonyl (C=O) groups excluding carboxylic acids is 1. The first-order valence-corrected chi connectivity index (χ1v) is 13.2. The lowest BCUT2D eigenvalue weighted by Gasteiger charge is -2.33. The molecule has 32 heavy (non-hydrogen) atoms. The number of aromatic nitrogens is 1. The third-order valence-corrected chi connectivity index (χ3v) is 9.65. The van der Waals surface area contributed by atoms with Gasteiger partial charge in [0.05, 0.1) is 7.11 Å². The first kappa shape index (κ1) is 22.8. The fourth-order valence-corrected chi connectivity index (χ4v) is 6.95. The lowest BCUT2D eigenvalue weighted by Crippen LogP contribution is -2.42. The van der Waals surface area contributed by atoms with Crippen LogP contribution < -0.4 is 10.1 Å². The van der Waals surface area contributed by atoms with E-state index in [1.807, 2.05) is 31.3 Å². The number of rotatable bonds is 8. The van der Waals surface area contributed by atoms with Crippen molar-refractivity contribution in [3.05, 3.63) is 47.5 Å². The molecule has 1 unspecified atom stereocenters. The van der Waals surface area contributed by atoms with Crippen molar-refractivity contribution in [2.24, 2.45) is 11.8 Å². The summed E-state index contributed by atoms with van der Waals surface area (Å²) in [6.45, 7) is 3.41. The number of piperidine rings is 1. The lowest BCUT2D eigenvalue weighted by atomic mass is 9.85. The Bertz CT molecular complexity index is 1160. The summed E-state index contributed by atoms with van der Waals surface area (Å²) in [6.07, 6.45) is 4.09. The molecule has 1 aliphatic heterocycles. The quantitative estimate of drug-likeness (QED) is 0.520. The molecular formula is C23H29N3O4S2. The lowest BCUT2D eigenvalue weighted by molar-refractivity contribution is -0.126. The standard InChI is InChI=1S/C23H29N3O4S2/c1-16(17-8-11-26(12-9-17)32(28,29)22-4-3-13-31-22)23(27)24-10-7-18-15-25-21-6-5-19(30-2)14-20(18)21/h3-6,13-17,25H,7-12H2,1-2H3,(H,24,27). The first-order valence-electron chi connectivity index (χ1n) is 10.9. The maximum Gasteiger partial charge on any atom is 0.252 e. The number of amides is 1. The van der Waals surface area contributed by atoms with E-state index in [-0.39, 0.29) is 17.7 Å². The second-order valence-electron chi connectivity index (χ2n) is 8.23. The number of nitrogens with one attached hydrogen (secondary N) is 2. The molecule has 2 N–H and O–H groups in total. The number of ether oxygens (including phenoxy) is 1. The number of nitrogens with zero attached hydrogens (tertiary/aromatic N) is 1. The molecule has 3 heterocycles. The van der Waals surface area contributed by atoms with Crippen LogP contribution >= 0.6 is 11.3 Å². The minimum Gasteiger partial charge on any atom is -0.497 e. The summed E-state index contributed by atoms with van der Waals surface area (Å²) in [6, 6.07) is 9.31. The maximum absolute atomic E-state index is 12.7. The zero-order chi connectivity index (χ0) is 22.7. The number of carbonyl (C=O) groups is 1. The first-order chi connectivity index (χ1) is 15.4. The Labute approximate surface area is 192 Å². The van der Waals surface area contributed by atoms with Gasteiger partial charge in [-0.1, -0.05) is 13.0 Å². The van der Waals surface area contributed by atoms with Gasteiger partial charge in [-0.2, -0.15) is 4.31 Å². The molecule has 2 aromatic heterocycles. The van der Waals surface area contributed by atoms with Gasteiger partial charge in [0.25, 0.3) is 10.0 Å². The van der Waals surface area contributed by atoms with Crippen molar-refractivity contribution in [2.45, 2.75) is 30.4 Å². The van der Waals surface area contributed by atoms with Gasteiger partial charge in [0.2, 0.25) is 5.91 Å². The second-order valence-corrected chi connectivity index (χ2v) is 11.3. The molecule has 9 heteroatoms. The Hall–Kier alpha value is -2.36. The van der Waals surface area contributed by atoms with Gasteiger partial charge in [-0.3, -0.25) is 4.79 Å². The topological polar surface area (TPSA) is 91.5 Å². The Kier molecular flexibility index (Phi) is 6.88. The Morgan fingerprint density at radius 3 is 2.78 bits per heavy atom. The summed E-state index contributed by atoms with van der Waals surface area (Å²) in [5.74, 6) is 0.872. The van der Waals surface area contributed by atoms with E-state index in [4.69, 9.17) is 4.74 Å². The summed E-state index contributed by atoms with van der Waals surface area (Å²) in [4.78, 5) is 16.0. The summed E-state index contributed by atoms with van der Waals surface area (Å²) < 4.78 is 32.6. The highest BCUT2D eigenvalue weighted by Gasteiger charge is 2.33. The number of methoxy groups -OCH3 is 1. The maximum atomic E-state index is 12.7. The number of H-pyrrole nitrogens is 1. The minimum absolute atomic E-state index is 0.0296. The van der Waals surface area contributed by atoms with Gasteiger partial charge < -0.3 is 15.0 Å². The summed E-state index contributed by atoms with van der Waals surface area (Å²) in [5, 5.41) is 5.94. The highest BCUT2D eigenvalue weighted by atomic mass is 32.2. The van der Waals surface area contributed by atoms with E-state index in [9.17, 15) is 13.2 Å². The highest BCUT2D eigenvalue weighted by Crippen LogP contribution is 2.30. The van der Waals surface area contributed by atoms with Gasteiger partial charge in [-0.25, -0.2) is 8.42 Å². The van der Waals surface area contributed by atoms with Crippen molar-refractivity contribution in [2.75, 3.05) is 26.7 Å². The number of fused-ring (bicyclic) bond motifs is 1. The van der Waals surface area contributed by atoms with Crippen LogP contribution in [0.15, 0.2) is 46.1 Å². The third kappa shape index (κ3) is 4.69. The van der Waals surface area contributed by atoms with Crippen LogP contribution in [0.2, 0.25) is 0 Å². The van der Waals surface area contributed by atoms with Gasteiger partial charge in [0.1, 0.15) is 9.96 Å². The summed E-state index contributed by atoms with van der Waals surface area (Å²) >= 11 is 1.24. The van der Waals surface area contributed by atoms with E-state index in [0.717, 1.165) is 28.6 Å². The molecule has 0 radical (unpaired) electrons. The number of hydrogen-bond donors (Lipinski definition) is 2. The Morgan fingerprint density at radius 1 is 1.31 bits per heavy atom. The van der Waals surface area contributed by atoms with Crippen molar-refractivity contribution in [1.29, 1.82) is 0 Å². The Balaban J connectivity index is 1.28. The monoisotopic (exact) mass is 475 g/mol. The fourth-order valence-electron chi connectivity index (χ4n) is 4.34. The van der Waals surface area contributed by atoms with Crippen molar-refractivity contribution in [3.63, 3.8) is 0 Å². The predicted octanol–water partition coefficient (Wildman–Crippen LogP) is 3.63. The number of benzene rings is 1. The number of sulfonamides is 1. The van der Waals surface area contributed by atoms with Gasteiger partial charge in [-0.05, 0) is 60.4 Å². The van der Waals surface area contributed by atoms with E-state index in [0.29, 0.717) is 36.7 Å². The van der Waals surface area contributed by atoms with E-state index >= 15 is 0 Å². The average molecular weight is 476 g/mol. The SMILES string of the molecule is COc1ccc2[nH]cc(CCNC(=O)C(C)C3CCN(S(=O)(=O)c4cccs4)CC3)c2c1. The smallest absolute Gasteiger partial charge is 0.252 e. The molecule has 0 spiro atoms. The molecule has 172 valence electrons. The molecule has 1 aromatic carbocycles. The van der Waals surface area contributed by atoms with Crippen LogP contribution in [0, 0.1) is 11.8 Å². The number of thiophene rings is 1. The van der Waals surface area contributed by atoms with Gasteiger partial charge in [0.15, 0.2) is 0 Å². The zero-order valence-corrected chi connectivity index (χ0v) is 20.0. The second kappa shape index (κ2) is 9.64.